The number of anilines is 1. The largest absolute Gasteiger partial charge is 0.497 e. The van der Waals surface area contributed by atoms with Crippen LogP contribution in [0.25, 0.3) is 22.7 Å². The number of rotatable bonds is 3. The molecule has 5 nitrogen and oxygen atoms in total. The Balaban J connectivity index is 2.09. The van der Waals surface area contributed by atoms with Gasteiger partial charge in [0.15, 0.2) is 5.76 Å². The first-order valence-electron chi connectivity index (χ1n) is 6.51. The summed E-state index contributed by atoms with van der Waals surface area (Å²) in [6.07, 6.45) is 0. The molecule has 2 heterocycles. The maximum Gasteiger partial charge on any atom is 0.221 e. The summed E-state index contributed by atoms with van der Waals surface area (Å²) in [5.41, 5.74) is 8.11. The number of nitrogens with zero attached hydrogens (tertiary/aromatic N) is 2. The quantitative estimate of drug-likeness (QED) is 0.797. The van der Waals surface area contributed by atoms with Gasteiger partial charge in [0.05, 0.1) is 12.8 Å². The van der Waals surface area contributed by atoms with Crippen LogP contribution in [0.1, 0.15) is 5.76 Å². The standard InChI is InChI=1S/C16H15N3O2/c1-10-6-7-15(21-10)14-9-13(18-16(17)19-14)11-4-3-5-12(8-11)20-2/h3-9H,1-2H3,(H2,17,18,19). The highest BCUT2D eigenvalue weighted by Crippen LogP contribution is 2.27. The van der Waals surface area contributed by atoms with Gasteiger partial charge in [0, 0.05) is 5.56 Å². The van der Waals surface area contributed by atoms with E-state index in [-0.39, 0.29) is 5.95 Å². The summed E-state index contributed by atoms with van der Waals surface area (Å²) >= 11 is 0. The van der Waals surface area contributed by atoms with Crippen molar-refractivity contribution in [2.75, 3.05) is 12.8 Å². The maximum absolute atomic E-state index is 5.82. The van der Waals surface area contributed by atoms with Crippen LogP contribution < -0.4 is 10.5 Å². The fourth-order valence-corrected chi connectivity index (χ4v) is 2.09. The molecule has 2 N–H and O–H groups in total. The number of ether oxygens (including phenoxy) is 1. The highest BCUT2D eigenvalue weighted by atomic mass is 16.5. The van der Waals surface area contributed by atoms with Gasteiger partial charge in [0.2, 0.25) is 5.95 Å². The number of furan rings is 1. The summed E-state index contributed by atoms with van der Waals surface area (Å²) < 4.78 is 10.8. The third-order valence-electron chi connectivity index (χ3n) is 3.10. The third-order valence-corrected chi connectivity index (χ3v) is 3.10. The van der Waals surface area contributed by atoms with Crippen LogP contribution in [0.5, 0.6) is 5.75 Å². The maximum atomic E-state index is 5.82. The Hall–Kier alpha value is -2.82. The summed E-state index contributed by atoms with van der Waals surface area (Å²) in [6.45, 7) is 1.89. The first-order valence-corrected chi connectivity index (χ1v) is 6.51. The molecule has 0 unspecified atom stereocenters. The molecule has 106 valence electrons. The van der Waals surface area contributed by atoms with Crippen LogP contribution in [-0.2, 0) is 0 Å². The van der Waals surface area contributed by atoms with Gasteiger partial charge < -0.3 is 14.9 Å². The van der Waals surface area contributed by atoms with Crippen molar-refractivity contribution < 1.29 is 9.15 Å². The van der Waals surface area contributed by atoms with Crippen molar-refractivity contribution in [3.05, 3.63) is 48.2 Å². The van der Waals surface area contributed by atoms with E-state index in [1.165, 1.54) is 0 Å². The first-order chi connectivity index (χ1) is 10.2. The Labute approximate surface area is 122 Å². The molecule has 21 heavy (non-hydrogen) atoms. The molecule has 0 saturated carbocycles. The number of nitrogens with two attached hydrogens (primary N) is 1. The van der Waals surface area contributed by atoms with E-state index in [1.54, 1.807) is 7.11 Å². The molecule has 5 heteroatoms. The highest BCUT2D eigenvalue weighted by Gasteiger charge is 2.10. The van der Waals surface area contributed by atoms with Gasteiger partial charge in [-0.2, -0.15) is 0 Å². The molecule has 0 atom stereocenters. The van der Waals surface area contributed by atoms with Crippen molar-refractivity contribution in [3.8, 4) is 28.5 Å². The number of aryl methyl sites for hydroxylation is 1. The minimum Gasteiger partial charge on any atom is -0.497 e. The summed E-state index contributed by atoms with van der Waals surface area (Å²) in [5, 5.41) is 0. The molecule has 0 fully saturated rings. The van der Waals surface area contributed by atoms with Crippen LogP contribution in [-0.4, -0.2) is 17.1 Å². The van der Waals surface area contributed by atoms with Gasteiger partial charge in [0.25, 0.3) is 0 Å². The Kier molecular flexibility index (Phi) is 3.31. The number of methoxy groups -OCH3 is 1. The van der Waals surface area contributed by atoms with Crippen molar-refractivity contribution in [2.24, 2.45) is 0 Å². The van der Waals surface area contributed by atoms with E-state index in [4.69, 9.17) is 14.9 Å². The third kappa shape index (κ3) is 2.72. The van der Waals surface area contributed by atoms with Crippen LogP contribution in [0.2, 0.25) is 0 Å². The van der Waals surface area contributed by atoms with Gasteiger partial charge in [0.1, 0.15) is 17.2 Å². The van der Waals surface area contributed by atoms with Crippen molar-refractivity contribution in [3.63, 3.8) is 0 Å². The fraction of sp³-hybridized carbons (Fsp3) is 0.125. The Bertz CT molecular complexity index is 781. The number of benzene rings is 1. The lowest BCUT2D eigenvalue weighted by Crippen LogP contribution is -1.98. The average Bonchev–Trinajstić information content (AvgIpc) is 2.93. The van der Waals surface area contributed by atoms with Gasteiger partial charge in [-0.15, -0.1) is 0 Å². The monoisotopic (exact) mass is 281 g/mol. The second-order valence-electron chi connectivity index (χ2n) is 4.64. The zero-order chi connectivity index (χ0) is 14.8. The molecule has 3 rings (SSSR count). The molecule has 0 spiro atoms. The van der Waals surface area contributed by atoms with E-state index in [0.717, 1.165) is 22.8 Å². The van der Waals surface area contributed by atoms with Crippen LogP contribution in [0.4, 0.5) is 5.95 Å². The van der Waals surface area contributed by atoms with Crippen molar-refractivity contribution >= 4 is 5.95 Å². The minimum absolute atomic E-state index is 0.208. The van der Waals surface area contributed by atoms with Crippen LogP contribution in [0.15, 0.2) is 46.9 Å². The predicted molar refractivity (Wildman–Crippen MR) is 80.9 cm³/mol. The summed E-state index contributed by atoms with van der Waals surface area (Å²) in [5.74, 6) is 2.47. The van der Waals surface area contributed by atoms with E-state index >= 15 is 0 Å². The van der Waals surface area contributed by atoms with Crippen LogP contribution in [0.3, 0.4) is 0 Å². The van der Waals surface area contributed by atoms with E-state index < -0.39 is 0 Å². The van der Waals surface area contributed by atoms with E-state index in [0.29, 0.717) is 11.5 Å². The Morgan fingerprint density at radius 1 is 1.05 bits per heavy atom. The van der Waals surface area contributed by atoms with Crippen LogP contribution >= 0.6 is 0 Å². The van der Waals surface area contributed by atoms with Crippen molar-refractivity contribution in [2.45, 2.75) is 6.92 Å². The molecule has 1 aromatic carbocycles. The van der Waals surface area contributed by atoms with Gasteiger partial charge in [-0.1, -0.05) is 12.1 Å². The minimum atomic E-state index is 0.208. The SMILES string of the molecule is COc1cccc(-c2cc(-c3ccc(C)o3)nc(N)n2)c1. The number of aromatic nitrogens is 2. The molecule has 3 aromatic rings. The van der Waals surface area contributed by atoms with Gasteiger partial charge in [-0.05, 0) is 37.3 Å². The molecule has 0 bridgehead atoms. The molecule has 0 saturated heterocycles. The Morgan fingerprint density at radius 3 is 2.57 bits per heavy atom. The van der Waals surface area contributed by atoms with Crippen molar-refractivity contribution in [1.82, 2.24) is 9.97 Å². The van der Waals surface area contributed by atoms with Crippen molar-refractivity contribution in [1.29, 1.82) is 0 Å². The van der Waals surface area contributed by atoms with E-state index in [2.05, 4.69) is 9.97 Å². The smallest absolute Gasteiger partial charge is 0.221 e. The fourth-order valence-electron chi connectivity index (χ4n) is 2.09. The summed E-state index contributed by atoms with van der Waals surface area (Å²) in [6, 6.07) is 13.2. The van der Waals surface area contributed by atoms with Gasteiger partial charge in [-0.3, -0.25) is 0 Å². The molecule has 0 radical (unpaired) electrons. The lowest BCUT2D eigenvalue weighted by molar-refractivity contribution is 0.415. The molecule has 0 aliphatic rings. The summed E-state index contributed by atoms with van der Waals surface area (Å²) in [7, 11) is 1.63. The number of hydrogen-bond donors (Lipinski definition) is 1. The van der Waals surface area contributed by atoms with E-state index in [1.807, 2.05) is 49.4 Å². The molecule has 0 aliphatic heterocycles. The normalized spacial score (nSPS) is 10.6. The predicted octanol–water partition coefficient (Wildman–Crippen LogP) is 3.30. The topological polar surface area (TPSA) is 74.2 Å². The molecule has 0 aliphatic carbocycles. The second-order valence-corrected chi connectivity index (χ2v) is 4.64. The molecule has 2 aromatic heterocycles. The molecule has 0 amide bonds. The molecular formula is C16H15N3O2. The van der Waals surface area contributed by atoms with Gasteiger partial charge in [-0.25, -0.2) is 9.97 Å². The summed E-state index contributed by atoms with van der Waals surface area (Å²) in [4.78, 5) is 8.51. The molecular weight excluding hydrogens is 266 g/mol. The lowest BCUT2D eigenvalue weighted by Gasteiger charge is -2.06. The highest BCUT2D eigenvalue weighted by molar-refractivity contribution is 5.67. The van der Waals surface area contributed by atoms with Crippen LogP contribution in [0, 0.1) is 6.92 Å². The zero-order valence-corrected chi connectivity index (χ0v) is 11.8. The zero-order valence-electron chi connectivity index (χ0n) is 11.8. The number of hydrogen-bond acceptors (Lipinski definition) is 5. The number of nitrogen functional groups attached to an aromatic ring is 1. The van der Waals surface area contributed by atoms with Gasteiger partial charge >= 0.3 is 0 Å². The second kappa shape index (κ2) is 5.28. The van der Waals surface area contributed by atoms with E-state index in [9.17, 15) is 0 Å². The Morgan fingerprint density at radius 2 is 1.86 bits per heavy atom. The lowest BCUT2D eigenvalue weighted by atomic mass is 10.1. The first kappa shape index (κ1) is 13.2. The average molecular weight is 281 g/mol.